The summed E-state index contributed by atoms with van der Waals surface area (Å²) in [7, 11) is -10.5. The van der Waals surface area contributed by atoms with Gasteiger partial charge in [0.05, 0.1) is 17.4 Å². The number of hydrogen-bond donors (Lipinski definition) is 1. The Kier molecular flexibility index (Phi) is 8.46. The van der Waals surface area contributed by atoms with Crippen LogP contribution in [0, 0.1) is 0 Å². The van der Waals surface area contributed by atoms with Crippen LogP contribution in [0.5, 0.6) is 5.75 Å². The molecule has 1 aromatic carbocycles. The lowest BCUT2D eigenvalue weighted by Gasteiger charge is -2.10. The minimum Gasteiger partial charge on any atom is -0.492 e. The van der Waals surface area contributed by atoms with Crippen LogP contribution in [0.4, 0.5) is 13.2 Å². The topological polar surface area (TPSA) is 89.5 Å². The molecule has 0 saturated heterocycles. The summed E-state index contributed by atoms with van der Waals surface area (Å²) in [4.78, 5) is 0. The predicted octanol–water partition coefficient (Wildman–Crippen LogP) is 3.70. The molecule has 13 heteroatoms. The van der Waals surface area contributed by atoms with Crippen LogP contribution >= 0.6 is 23.2 Å². The van der Waals surface area contributed by atoms with Gasteiger partial charge in [0.2, 0.25) is 10.0 Å². The van der Waals surface area contributed by atoms with E-state index in [0.29, 0.717) is 39.2 Å². The molecule has 1 rings (SSSR count). The summed E-state index contributed by atoms with van der Waals surface area (Å²) in [5, 5.41) is 0.841. The van der Waals surface area contributed by atoms with Crippen molar-refractivity contribution in [2.24, 2.45) is 0 Å². The van der Waals surface area contributed by atoms with E-state index in [-0.39, 0.29) is 13.0 Å². The number of rotatable bonds is 10. The van der Waals surface area contributed by atoms with Crippen LogP contribution in [0.15, 0.2) is 18.2 Å². The lowest BCUT2D eigenvalue weighted by atomic mass is 10.2. The molecule has 6 nitrogen and oxygen atoms in total. The molecule has 0 heterocycles. The van der Waals surface area contributed by atoms with E-state index in [9.17, 15) is 30.0 Å². The van der Waals surface area contributed by atoms with E-state index >= 15 is 0 Å². The molecule has 26 heavy (non-hydrogen) atoms. The van der Waals surface area contributed by atoms with Gasteiger partial charge in [-0.1, -0.05) is 36.0 Å². The van der Waals surface area contributed by atoms with E-state index < -0.39 is 31.3 Å². The number of halogens is 5. The quantitative estimate of drug-likeness (QED) is 0.540. The SMILES string of the molecule is O=S(=O)(CCCCCCOc1cc(Cl)ccc1Cl)NS(=O)(=O)C(F)(F)F. The average Bonchev–Trinajstić information content (AvgIpc) is 2.47. The maximum Gasteiger partial charge on any atom is 0.512 e. The number of benzene rings is 1. The van der Waals surface area contributed by atoms with Gasteiger partial charge < -0.3 is 4.74 Å². The third-order valence-electron chi connectivity index (χ3n) is 3.00. The van der Waals surface area contributed by atoms with Crippen molar-refractivity contribution in [3.05, 3.63) is 28.2 Å². The fourth-order valence-corrected chi connectivity index (χ4v) is 4.74. The van der Waals surface area contributed by atoms with Gasteiger partial charge in [-0.15, -0.1) is 4.13 Å². The highest BCUT2D eigenvalue weighted by atomic mass is 35.5. The maximum absolute atomic E-state index is 12.1. The molecule has 0 amide bonds. The Hall–Kier alpha value is -0.750. The number of unbranched alkanes of at least 4 members (excludes halogenated alkanes) is 3. The van der Waals surface area contributed by atoms with Crippen LogP contribution in [0.1, 0.15) is 25.7 Å². The van der Waals surface area contributed by atoms with Gasteiger partial charge in [-0.2, -0.15) is 13.2 Å². The fraction of sp³-hybridized carbons (Fsp3) is 0.538. The highest BCUT2D eigenvalue weighted by Crippen LogP contribution is 2.27. The van der Waals surface area contributed by atoms with Gasteiger partial charge in [0.25, 0.3) is 0 Å². The summed E-state index contributed by atoms with van der Waals surface area (Å²) in [6, 6.07) is 4.72. The second-order valence-corrected chi connectivity index (χ2v) is 9.81. The minimum absolute atomic E-state index is 0.000627. The second-order valence-electron chi connectivity index (χ2n) is 5.19. The Morgan fingerprint density at radius 1 is 1.00 bits per heavy atom. The first kappa shape index (κ1) is 23.3. The second kappa shape index (κ2) is 9.45. The molecule has 0 bridgehead atoms. The van der Waals surface area contributed by atoms with Crippen molar-refractivity contribution < 1.29 is 34.7 Å². The largest absolute Gasteiger partial charge is 0.512 e. The number of hydrogen-bond acceptors (Lipinski definition) is 5. The van der Waals surface area contributed by atoms with Crippen molar-refractivity contribution in [2.45, 2.75) is 31.2 Å². The third kappa shape index (κ3) is 7.87. The molecule has 0 aliphatic rings. The standard InChI is InChI=1S/C13H16Cl2F3NO5S2/c14-10-5-6-11(15)12(9-10)24-7-3-1-2-4-8-25(20,21)19-26(22,23)13(16,17)18/h5-6,9,19H,1-4,7-8H2. The molecule has 0 saturated carbocycles. The van der Waals surface area contributed by atoms with Crippen LogP contribution in [-0.2, 0) is 20.0 Å². The van der Waals surface area contributed by atoms with Crippen LogP contribution in [0.25, 0.3) is 0 Å². The summed E-state index contributed by atoms with van der Waals surface area (Å²) in [5.74, 6) is -0.327. The molecule has 0 aliphatic carbocycles. The zero-order chi connectivity index (χ0) is 20.0. The van der Waals surface area contributed by atoms with Crippen LogP contribution in [-0.4, -0.2) is 34.7 Å². The van der Waals surface area contributed by atoms with Gasteiger partial charge in [-0.05, 0) is 25.0 Å². The van der Waals surface area contributed by atoms with Crippen LogP contribution in [0.3, 0.4) is 0 Å². The van der Waals surface area contributed by atoms with Crippen molar-refractivity contribution in [1.82, 2.24) is 4.13 Å². The van der Waals surface area contributed by atoms with Gasteiger partial charge >= 0.3 is 15.5 Å². The predicted molar refractivity (Wildman–Crippen MR) is 92.3 cm³/mol. The molecule has 0 fully saturated rings. The lowest BCUT2D eigenvalue weighted by molar-refractivity contribution is -0.0441. The Morgan fingerprint density at radius 3 is 2.23 bits per heavy atom. The number of ether oxygens (including phenoxy) is 1. The summed E-state index contributed by atoms with van der Waals surface area (Å²) in [6.45, 7) is 0.285. The molecule has 0 spiro atoms. The number of sulfonamides is 2. The van der Waals surface area contributed by atoms with Crippen LogP contribution in [0.2, 0.25) is 10.0 Å². The molecular weight excluding hydrogens is 442 g/mol. The number of alkyl halides is 3. The Labute approximate surface area is 159 Å². The van der Waals surface area contributed by atoms with Gasteiger partial charge in [-0.3, -0.25) is 0 Å². The van der Waals surface area contributed by atoms with E-state index in [2.05, 4.69) is 0 Å². The Balaban J connectivity index is 2.29. The van der Waals surface area contributed by atoms with Crippen molar-refractivity contribution in [2.75, 3.05) is 12.4 Å². The van der Waals surface area contributed by atoms with E-state index in [1.54, 1.807) is 18.2 Å². The van der Waals surface area contributed by atoms with Gasteiger partial charge in [0, 0.05) is 11.1 Å². The molecule has 0 unspecified atom stereocenters. The van der Waals surface area contributed by atoms with Gasteiger partial charge in [-0.25, -0.2) is 16.8 Å². The number of nitrogens with one attached hydrogen (secondary N) is 1. The average molecular weight is 458 g/mol. The van der Waals surface area contributed by atoms with Crippen LogP contribution < -0.4 is 8.86 Å². The van der Waals surface area contributed by atoms with E-state index in [1.807, 2.05) is 0 Å². The molecule has 0 radical (unpaired) electrons. The van der Waals surface area contributed by atoms with Gasteiger partial charge in [0.1, 0.15) is 5.75 Å². The zero-order valence-corrected chi connectivity index (χ0v) is 16.4. The highest BCUT2D eigenvalue weighted by Gasteiger charge is 2.48. The molecule has 1 N–H and O–H groups in total. The van der Waals surface area contributed by atoms with Crippen molar-refractivity contribution in [1.29, 1.82) is 0 Å². The fourth-order valence-electron chi connectivity index (χ4n) is 1.77. The molecular formula is C13H16Cl2F3NO5S2. The smallest absolute Gasteiger partial charge is 0.492 e. The Morgan fingerprint density at radius 2 is 1.62 bits per heavy atom. The Bertz CT molecular complexity index is 814. The first-order valence-corrected chi connectivity index (χ1v) is 11.1. The third-order valence-corrected chi connectivity index (χ3v) is 6.88. The molecule has 0 atom stereocenters. The van der Waals surface area contributed by atoms with Crippen molar-refractivity contribution in [3.8, 4) is 5.75 Å². The maximum atomic E-state index is 12.1. The van der Waals surface area contributed by atoms with E-state index in [0.717, 1.165) is 0 Å². The molecule has 150 valence electrons. The first-order chi connectivity index (χ1) is 11.8. The monoisotopic (exact) mass is 457 g/mol. The zero-order valence-electron chi connectivity index (χ0n) is 13.2. The molecule has 1 aromatic rings. The lowest BCUT2D eigenvalue weighted by Crippen LogP contribution is -2.41. The van der Waals surface area contributed by atoms with Gasteiger partial charge in [0.15, 0.2) is 0 Å². The normalized spacial score (nSPS) is 13.0. The summed E-state index contributed by atoms with van der Waals surface area (Å²) < 4.78 is 86.8. The van der Waals surface area contributed by atoms with Crippen molar-refractivity contribution in [3.63, 3.8) is 0 Å². The van der Waals surface area contributed by atoms with E-state index in [1.165, 1.54) is 0 Å². The van der Waals surface area contributed by atoms with E-state index in [4.69, 9.17) is 27.9 Å². The minimum atomic E-state index is -5.93. The first-order valence-electron chi connectivity index (χ1n) is 7.24. The molecule has 0 aromatic heterocycles. The highest BCUT2D eigenvalue weighted by molar-refractivity contribution is 8.05. The summed E-state index contributed by atoms with van der Waals surface area (Å²) in [6.07, 6.45) is 1.43. The summed E-state index contributed by atoms with van der Waals surface area (Å²) in [5.41, 5.74) is -5.68. The summed E-state index contributed by atoms with van der Waals surface area (Å²) >= 11 is 11.7. The van der Waals surface area contributed by atoms with Crippen molar-refractivity contribution >= 4 is 43.2 Å². The molecule has 0 aliphatic heterocycles.